The molecule has 0 saturated carbocycles. The van der Waals surface area contributed by atoms with E-state index in [-0.39, 0.29) is 30.3 Å². The number of amides is 1. The average molecular weight is 302 g/mol. The third kappa shape index (κ3) is 3.74. The van der Waals surface area contributed by atoms with Crippen molar-refractivity contribution in [3.05, 3.63) is 46.8 Å². The number of nitrogens with one attached hydrogen (secondary N) is 1. The second kappa shape index (κ2) is 7.22. The zero-order valence-electron chi connectivity index (χ0n) is 13.0. The highest BCUT2D eigenvalue weighted by atomic mass is 16.3. The van der Waals surface area contributed by atoms with E-state index in [0.717, 1.165) is 11.9 Å². The lowest BCUT2D eigenvalue weighted by molar-refractivity contribution is -0.122. The van der Waals surface area contributed by atoms with Gasteiger partial charge >= 0.3 is 0 Å². The van der Waals surface area contributed by atoms with E-state index in [4.69, 9.17) is 0 Å². The minimum Gasteiger partial charge on any atom is -0.391 e. The van der Waals surface area contributed by atoms with Gasteiger partial charge in [-0.1, -0.05) is 32.4 Å². The Morgan fingerprint density at radius 2 is 2.05 bits per heavy atom. The van der Waals surface area contributed by atoms with Gasteiger partial charge in [0.15, 0.2) is 5.43 Å². The van der Waals surface area contributed by atoms with Crippen LogP contribution in [0.5, 0.6) is 0 Å². The normalized spacial score (nSPS) is 13.8. The third-order valence-electron chi connectivity index (χ3n) is 4.01. The van der Waals surface area contributed by atoms with Crippen molar-refractivity contribution in [1.82, 2.24) is 9.88 Å². The molecule has 1 heterocycles. The van der Waals surface area contributed by atoms with Crippen LogP contribution in [0.2, 0.25) is 0 Å². The number of hydrogen-bond acceptors (Lipinski definition) is 3. The molecule has 0 radical (unpaired) electrons. The van der Waals surface area contributed by atoms with Crippen LogP contribution in [0.3, 0.4) is 0 Å². The lowest BCUT2D eigenvalue weighted by atomic mass is 10.0. The molecule has 1 aromatic carbocycles. The number of aliphatic hydroxyl groups excluding tert-OH is 1. The molecule has 118 valence electrons. The van der Waals surface area contributed by atoms with Gasteiger partial charge < -0.3 is 15.0 Å². The Hall–Kier alpha value is -2.14. The fraction of sp³-hybridized carbons (Fsp3) is 0.412. The van der Waals surface area contributed by atoms with Crippen molar-refractivity contribution in [3.8, 4) is 0 Å². The summed E-state index contributed by atoms with van der Waals surface area (Å²) in [7, 11) is 0. The Kier molecular flexibility index (Phi) is 5.33. The van der Waals surface area contributed by atoms with Gasteiger partial charge in [0.25, 0.3) is 0 Å². The number of hydrogen-bond donors (Lipinski definition) is 2. The molecular formula is C17H22N2O3. The summed E-state index contributed by atoms with van der Waals surface area (Å²) < 4.78 is 1.74. The maximum absolute atomic E-state index is 12.0. The number of para-hydroxylation sites is 1. The average Bonchev–Trinajstić information content (AvgIpc) is 2.54. The molecule has 0 aliphatic heterocycles. The number of carbonyl (C=O) groups excluding carboxylic acids is 1. The van der Waals surface area contributed by atoms with Crippen molar-refractivity contribution < 1.29 is 9.90 Å². The molecule has 2 aromatic rings. The number of nitrogens with zero attached hydrogens (tertiary/aromatic N) is 1. The summed E-state index contributed by atoms with van der Waals surface area (Å²) in [5.41, 5.74) is 0.673. The summed E-state index contributed by atoms with van der Waals surface area (Å²) in [5, 5.41) is 13.2. The van der Waals surface area contributed by atoms with Crippen LogP contribution in [0.1, 0.15) is 20.3 Å². The molecule has 2 rings (SSSR count). The number of aliphatic hydroxyl groups is 1. The number of aromatic nitrogens is 1. The van der Waals surface area contributed by atoms with E-state index in [9.17, 15) is 14.7 Å². The van der Waals surface area contributed by atoms with E-state index in [0.29, 0.717) is 5.39 Å². The first-order valence-electron chi connectivity index (χ1n) is 7.56. The van der Waals surface area contributed by atoms with E-state index >= 15 is 0 Å². The van der Waals surface area contributed by atoms with Crippen LogP contribution < -0.4 is 10.7 Å². The topological polar surface area (TPSA) is 71.3 Å². The molecule has 0 saturated heterocycles. The summed E-state index contributed by atoms with van der Waals surface area (Å²) in [6.07, 6.45) is 1.94. The van der Waals surface area contributed by atoms with E-state index in [2.05, 4.69) is 5.32 Å². The predicted octanol–water partition coefficient (Wildman–Crippen LogP) is 1.52. The molecule has 0 aliphatic carbocycles. The molecule has 0 fully saturated rings. The van der Waals surface area contributed by atoms with Gasteiger partial charge in [0, 0.05) is 24.2 Å². The monoisotopic (exact) mass is 302 g/mol. The van der Waals surface area contributed by atoms with E-state index in [1.807, 2.05) is 26.0 Å². The Bertz CT molecular complexity index is 708. The lowest BCUT2D eigenvalue weighted by Crippen LogP contribution is -2.37. The molecule has 22 heavy (non-hydrogen) atoms. The van der Waals surface area contributed by atoms with Crippen LogP contribution in [-0.4, -0.2) is 28.2 Å². The van der Waals surface area contributed by atoms with Gasteiger partial charge in [-0.3, -0.25) is 9.59 Å². The molecule has 1 aromatic heterocycles. The molecular weight excluding hydrogens is 280 g/mol. The quantitative estimate of drug-likeness (QED) is 0.850. The van der Waals surface area contributed by atoms with Gasteiger partial charge in [-0.15, -0.1) is 0 Å². The Labute approximate surface area is 129 Å². The molecule has 0 aliphatic rings. The number of fused-ring (bicyclic) bond motifs is 1. The van der Waals surface area contributed by atoms with Gasteiger partial charge in [0.1, 0.15) is 6.54 Å². The van der Waals surface area contributed by atoms with Crippen LogP contribution in [0, 0.1) is 5.92 Å². The first-order chi connectivity index (χ1) is 10.5. The first kappa shape index (κ1) is 16.2. The van der Waals surface area contributed by atoms with Gasteiger partial charge in [-0.2, -0.15) is 0 Å². The number of carbonyl (C=O) groups is 1. The molecule has 2 atom stereocenters. The zero-order valence-corrected chi connectivity index (χ0v) is 13.0. The summed E-state index contributed by atoms with van der Waals surface area (Å²) in [4.78, 5) is 23.8. The van der Waals surface area contributed by atoms with E-state index in [1.165, 1.54) is 6.07 Å². The molecule has 2 N–H and O–H groups in total. The van der Waals surface area contributed by atoms with Crippen molar-refractivity contribution in [2.75, 3.05) is 6.54 Å². The smallest absolute Gasteiger partial charge is 0.240 e. The van der Waals surface area contributed by atoms with Gasteiger partial charge in [-0.25, -0.2) is 0 Å². The minimum absolute atomic E-state index is 0.0561. The summed E-state index contributed by atoms with van der Waals surface area (Å²) in [6.45, 7) is 4.31. The van der Waals surface area contributed by atoms with Crippen molar-refractivity contribution in [3.63, 3.8) is 0 Å². The first-order valence-corrected chi connectivity index (χ1v) is 7.56. The van der Waals surface area contributed by atoms with Gasteiger partial charge in [-0.05, 0) is 18.1 Å². The molecule has 5 heteroatoms. The summed E-state index contributed by atoms with van der Waals surface area (Å²) >= 11 is 0. The van der Waals surface area contributed by atoms with Crippen molar-refractivity contribution in [1.29, 1.82) is 0 Å². The second-order valence-corrected chi connectivity index (χ2v) is 5.58. The Morgan fingerprint density at radius 3 is 2.77 bits per heavy atom. The molecule has 5 nitrogen and oxygen atoms in total. The number of rotatable bonds is 6. The Morgan fingerprint density at radius 1 is 1.32 bits per heavy atom. The Balaban J connectivity index is 2.07. The van der Waals surface area contributed by atoms with Crippen LogP contribution in [0.4, 0.5) is 0 Å². The van der Waals surface area contributed by atoms with Crippen LogP contribution in [-0.2, 0) is 11.3 Å². The summed E-state index contributed by atoms with van der Waals surface area (Å²) in [5.74, 6) is -0.0373. The molecule has 0 bridgehead atoms. The van der Waals surface area contributed by atoms with Gasteiger partial charge in [0.05, 0.1) is 11.6 Å². The number of pyridine rings is 1. The highest BCUT2D eigenvalue weighted by molar-refractivity contribution is 5.82. The third-order valence-corrected chi connectivity index (χ3v) is 4.01. The summed E-state index contributed by atoms with van der Waals surface area (Å²) in [6, 6.07) is 8.67. The SMILES string of the molecule is CCC(C)C(O)CNC(=O)Cn1ccc(=O)c2ccccc21. The van der Waals surface area contributed by atoms with Crippen LogP contribution in [0.25, 0.3) is 10.9 Å². The second-order valence-electron chi connectivity index (χ2n) is 5.58. The van der Waals surface area contributed by atoms with Crippen molar-refractivity contribution in [2.24, 2.45) is 5.92 Å². The standard InChI is InChI=1S/C17H22N2O3/c1-3-12(2)16(21)10-18-17(22)11-19-9-8-15(20)13-6-4-5-7-14(13)19/h4-9,12,16,21H,3,10-11H2,1-2H3,(H,18,22). The fourth-order valence-electron chi connectivity index (χ4n) is 2.30. The van der Waals surface area contributed by atoms with Crippen molar-refractivity contribution in [2.45, 2.75) is 32.9 Å². The van der Waals surface area contributed by atoms with E-state index < -0.39 is 6.10 Å². The van der Waals surface area contributed by atoms with Gasteiger partial charge in [0.2, 0.25) is 5.91 Å². The van der Waals surface area contributed by atoms with Crippen molar-refractivity contribution >= 4 is 16.8 Å². The predicted molar refractivity (Wildman–Crippen MR) is 86.7 cm³/mol. The molecule has 2 unspecified atom stereocenters. The number of benzene rings is 1. The highest BCUT2D eigenvalue weighted by Crippen LogP contribution is 2.09. The molecule has 1 amide bonds. The fourth-order valence-corrected chi connectivity index (χ4v) is 2.30. The maximum Gasteiger partial charge on any atom is 0.240 e. The van der Waals surface area contributed by atoms with E-state index in [1.54, 1.807) is 22.9 Å². The lowest BCUT2D eigenvalue weighted by Gasteiger charge is -2.18. The molecule has 0 spiro atoms. The minimum atomic E-state index is -0.542. The zero-order chi connectivity index (χ0) is 16.1. The largest absolute Gasteiger partial charge is 0.391 e. The maximum atomic E-state index is 12.0. The van der Waals surface area contributed by atoms with Crippen LogP contribution in [0.15, 0.2) is 41.3 Å². The highest BCUT2D eigenvalue weighted by Gasteiger charge is 2.13. The van der Waals surface area contributed by atoms with Crippen LogP contribution >= 0.6 is 0 Å².